The first-order chi connectivity index (χ1) is 8.51. The molecule has 0 amide bonds. The van der Waals surface area contributed by atoms with Crippen LogP contribution >= 0.6 is 0 Å². The number of hydrogen-bond acceptors (Lipinski definition) is 4. The predicted octanol–water partition coefficient (Wildman–Crippen LogP) is 0.871. The lowest BCUT2D eigenvalue weighted by Gasteiger charge is -2.10. The minimum atomic E-state index is -4.17. The summed E-state index contributed by atoms with van der Waals surface area (Å²) < 4.78 is 60.9. The topological polar surface area (TPSA) is 106 Å². The molecule has 3 N–H and O–H groups in total. The fraction of sp³-hybridized carbons (Fsp3) is 0.400. The van der Waals surface area contributed by atoms with Crippen LogP contribution in [0.3, 0.4) is 0 Å². The SMILES string of the molecule is CC(C)CS(=O)(=O)Nc1ccc(S(N)(=O)=O)c(F)c1. The molecule has 0 saturated heterocycles. The number of primary sulfonamides is 1. The molecule has 1 aromatic rings. The van der Waals surface area contributed by atoms with Crippen molar-refractivity contribution in [2.75, 3.05) is 10.5 Å². The van der Waals surface area contributed by atoms with Gasteiger partial charge < -0.3 is 0 Å². The molecule has 0 bridgehead atoms. The molecule has 0 atom stereocenters. The van der Waals surface area contributed by atoms with Crippen LogP contribution in [-0.2, 0) is 20.0 Å². The summed E-state index contributed by atoms with van der Waals surface area (Å²) in [7, 11) is -7.76. The van der Waals surface area contributed by atoms with E-state index in [9.17, 15) is 21.2 Å². The lowest BCUT2D eigenvalue weighted by atomic mass is 10.3. The fourth-order valence-corrected chi connectivity index (χ4v) is 3.49. The summed E-state index contributed by atoms with van der Waals surface area (Å²) in [5.74, 6) is -1.32. The van der Waals surface area contributed by atoms with Crippen LogP contribution in [0.15, 0.2) is 23.1 Å². The number of nitrogens with one attached hydrogen (secondary N) is 1. The number of benzene rings is 1. The zero-order valence-electron chi connectivity index (χ0n) is 10.4. The van der Waals surface area contributed by atoms with E-state index in [1.165, 1.54) is 0 Å². The van der Waals surface area contributed by atoms with Gasteiger partial charge in [0.1, 0.15) is 10.7 Å². The second-order valence-electron chi connectivity index (χ2n) is 4.47. The van der Waals surface area contributed by atoms with Gasteiger partial charge in [-0.2, -0.15) is 0 Å². The van der Waals surface area contributed by atoms with Crippen LogP contribution in [0.2, 0.25) is 0 Å². The van der Waals surface area contributed by atoms with Crippen molar-refractivity contribution in [1.29, 1.82) is 0 Å². The number of anilines is 1. The van der Waals surface area contributed by atoms with Crippen molar-refractivity contribution in [3.8, 4) is 0 Å². The van der Waals surface area contributed by atoms with Crippen LogP contribution in [0, 0.1) is 11.7 Å². The molecular weight excluding hydrogens is 295 g/mol. The molecule has 9 heteroatoms. The van der Waals surface area contributed by atoms with Crippen molar-refractivity contribution in [3.05, 3.63) is 24.0 Å². The Morgan fingerprint density at radius 2 is 1.84 bits per heavy atom. The Morgan fingerprint density at radius 3 is 2.26 bits per heavy atom. The zero-order chi connectivity index (χ0) is 14.8. The zero-order valence-corrected chi connectivity index (χ0v) is 12.1. The second kappa shape index (κ2) is 5.43. The van der Waals surface area contributed by atoms with Crippen molar-refractivity contribution >= 4 is 25.7 Å². The summed E-state index contributed by atoms with van der Waals surface area (Å²) in [5, 5.41) is 4.79. The molecule has 0 fully saturated rings. The maximum Gasteiger partial charge on any atom is 0.240 e. The van der Waals surface area contributed by atoms with E-state index in [1.54, 1.807) is 13.8 Å². The van der Waals surface area contributed by atoms with E-state index in [0.29, 0.717) is 0 Å². The van der Waals surface area contributed by atoms with Crippen molar-refractivity contribution in [1.82, 2.24) is 0 Å². The Bertz CT molecular complexity index is 669. The van der Waals surface area contributed by atoms with Gasteiger partial charge in [0.2, 0.25) is 20.0 Å². The number of rotatable bonds is 5. The third-order valence-corrected chi connectivity index (χ3v) is 4.66. The standard InChI is InChI=1S/C10H15FN2O4S2/c1-7(2)6-18(14,15)13-8-3-4-10(9(11)5-8)19(12,16)17/h3-5,7,13H,6H2,1-2H3,(H2,12,16,17). The van der Waals surface area contributed by atoms with E-state index in [-0.39, 0.29) is 17.4 Å². The maximum absolute atomic E-state index is 13.5. The smallest absolute Gasteiger partial charge is 0.240 e. The highest BCUT2D eigenvalue weighted by Crippen LogP contribution is 2.19. The Labute approximate surface area is 111 Å². The van der Waals surface area contributed by atoms with Crippen molar-refractivity contribution in [2.24, 2.45) is 11.1 Å². The molecule has 0 heterocycles. The molecule has 0 unspecified atom stereocenters. The first-order valence-electron chi connectivity index (χ1n) is 5.34. The Morgan fingerprint density at radius 1 is 1.26 bits per heavy atom. The summed E-state index contributed by atoms with van der Waals surface area (Å²) in [5.41, 5.74) is -0.0504. The van der Waals surface area contributed by atoms with Gasteiger partial charge in [-0.15, -0.1) is 0 Å². The lowest BCUT2D eigenvalue weighted by Crippen LogP contribution is -2.20. The summed E-state index contributed by atoms with van der Waals surface area (Å²) >= 11 is 0. The number of nitrogens with two attached hydrogens (primary N) is 1. The van der Waals surface area contributed by atoms with Crippen LogP contribution < -0.4 is 9.86 Å². The number of sulfonamides is 2. The van der Waals surface area contributed by atoms with E-state index < -0.39 is 30.8 Å². The number of halogens is 1. The molecule has 0 spiro atoms. The van der Waals surface area contributed by atoms with E-state index in [0.717, 1.165) is 18.2 Å². The minimum Gasteiger partial charge on any atom is -0.283 e. The summed E-state index contributed by atoms with van der Waals surface area (Å²) in [4.78, 5) is -0.681. The van der Waals surface area contributed by atoms with E-state index in [4.69, 9.17) is 5.14 Å². The molecule has 0 saturated carbocycles. The van der Waals surface area contributed by atoms with E-state index in [2.05, 4.69) is 4.72 Å². The molecule has 0 aliphatic heterocycles. The van der Waals surface area contributed by atoms with E-state index in [1.807, 2.05) is 0 Å². The number of hydrogen-bond donors (Lipinski definition) is 2. The molecule has 0 aliphatic carbocycles. The van der Waals surface area contributed by atoms with Gasteiger partial charge in [0.15, 0.2) is 0 Å². The van der Waals surface area contributed by atoms with Crippen LogP contribution in [-0.4, -0.2) is 22.6 Å². The Balaban J connectivity index is 3.04. The Hall–Kier alpha value is -1.19. The second-order valence-corrected chi connectivity index (χ2v) is 7.76. The van der Waals surface area contributed by atoms with Crippen molar-refractivity contribution in [3.63, 3.8) is 0 Å². The lowest BCUT2D eigenvalue weighted by molar-refractivity contribution is 0.568. The van der Waals surface area contributed by atoms with Crippen molar-refractivity contribution in [2.45, 2.75) is 18.7 Å². The molecule has 6 nitrogen and oxygen atoms in total. The highest BCUT2D eigenvalue weighted by Gasteiger charge is 2.17. The highest BCUT2D eigenvalue weighted by molar-refractivity contribution is 7.92. The Kier molecular flexibility index (Phi) is 4.54. The first-order valence-corrected chi connectivity index (χ1v) is 8.54. The van der Waals surface area contributed by atoms with Gasteiger partial charge in [0, 0.05) is 0 Å². The molecule has 1 aromatic carbocycles. The van der Waals surface area contributed by atoms with Crippen LogP contribution in [0.25, 0.3) is 0 Å². The average molecular weight is 310 g/mol. The molecule has 108 valence electrons. The largest absolute Gasteiger partial charge is 0.283 e. The van der Waals surface area contributed by atoms with E-state index >= 15 is 0 Å². The van der Waals surface area contributed by atoms with Crippen LogP contribution in [0.1, 0.15) is 13.8 Å². The van der Waals surface area contributed by atoms with Gasteiger partial charge in [-0.3, -0.25) is 4.72 Å². The molecular formula is C10H15FN2O4S2. The monoisotopic (exact) mass is 310 g/mol. The fourth-order valence-electron chi connectivity index (χ4n) is 1.46. The molecule has 0 aromatic heterocycles. The first kappa shape index (κ1) is 15.9. The minimum absolute atomic E-state index is 0.0504. The summed E-state index contributed by atoms with van der Waals surface area (Å²) in [6, 6.07) is 2.83. The molecule has 0 radical (unpaired) electrons. The maximum atomic E-state index is 13.5. The third-order valence-electron chi connectivity index (χ3n) is 2.06. The van der Waals surface area contributed by atoms with Gasteiger partial charge in [0.25, 0.3) is 0 Å². The van der Waals surface area contributed by atoms with Crippen molar-refractivity contribution < 1.29 is 21.2 Å². The molecule has 0 aliphatic rings. The van der Waals surface area contributed by atoms with Gasteiger partial charge >= 0.3 is 0 Å². The van der Waals surface area contributed by atoms with Gasteiger partial charge in [-0.25, -0.2) is 26.4 Å². The van der Waals surface area contributed by atoms with Gasteiger partial charge in [0.05, 0.1) is 11.4 Å². The highest BCUT2D eigenvalue weighted by atomic mass is 32.2. The summed E-state index contributed by atoms with van der Waals surface area (Å²) in [6.45, 7) is 3.45. The van der Waals surface area contributed by atoms with Crippen LogP contribution in [0.5, 0.6) is 0 Å². The average Bonchev–Trinajstić information content (AvgIpc) is 2.11. The summed E-state index contributed by atoms with van der Waals surface area (Å²) in [6.07, 6.45) is 0. The molecule has 1 rings (SSSR count). The normalized spacial score (nSPS) is 12.7. The molecule has 19 heavy (non-hydrogen) atoms. The quantitative estimate of drug-likeness (QED) is 0.841. The third kappa shape index (κ3) is 4.77. The van der Waals surface area contributed by atoms with Gasteiger partial charge in [-0.1, -0.05) is 13.8 Å². The van der Waals surface area contributed by atoms with Crippen LogP contribution in [0.4, 0.5) is 10.1 Å². The van der Waals surface area contributed by atoms with Gasteiger partial charge in [-0.05, 0) is 24.1 Å². The predicted molar refractivity (Wildman–Crippen MR) is 70.0 cm³/mol.